The standard InChI is InChI=1S/C18H21FN4O3/c1-20-18(24)13-5-7-16(17(9-13)23(25)26)21-10-12-4-6-15(19)14(8-12)11-22(2)3/h4-9,21H,10-11H2,1-3H3,(H,20,24). The molecule has 2 aromatic carbocycles. The molecule has 0 aliphatic carbocycles. The fourth-order valence-corrected chi connectivity index (χ4v) is 2.51. The molecule has 0 spiro atoms. The van der Waals surface area contributed by atoms with Crippen molar-refractivity contribution >= 4 is 17.3 Å². The minimum atomic E-state index is -0.545. The molecular formula is C18H21FN4O3. The van der Waals surface area contributed by atoms with Gasteiger partial charge in [-0.2, -0.15) is 0 Å². The maximum atomic E-state index is 13.8. The highest BCUT2D eigenvalue weighted by atomic mass is 19.1. The van der Waals surface area contributed by atoms with Gasteiger partial charge in [-0.3, -0.25) is 14.9 Å². The van der Waals surface area contributed by atoms with Gasteiger partial charge in [0.05, 0.1) is 4.92 Å². The van der Waals surface area contributed by atoms with E-state index in [4.69, 9.17) is 0 Å². The molecule has 0 fully saturated rings. The monoisotopic (exact) mass is 360 g/mol. The van der Waals surface area contributed by atoms with Crippen LogP contribution < -0.4 is 10.6 Å². The van der Waals surface area contributed by atoms with Gasteiger partial charge in [-0.05, 0) is 43.9 Å². The lowest BCUT2D eigenvalue weighted by molar-refractivity contribution is -0.384. The summed E-state index contributed by atoms with van der Waals surface area (Å²) in [6.07, 6.45) is 0. The lowest BCUT2D eigenvalue weighted by Crippen LogP contribution is -2.18. The summed E-state index contributed by atoms with van der Waals surface area (Å²) in [4.78, 5) is 24.3. The minimum absolute atomic E-state index is 0.193. The van der Waals surface area contributed by atoms with Crippen LogP contribution in [-0.4, -0.2) is 36.9 Å². The van der Waals surface area contributed by atoms with Crippen molar-refractivity contribution in [3.05, 3.63) is 69.0 Å². The third-order valence-electron chi connectivity index (χ3n) is 3.76. The predicted molar refractivity (Wildman–Crippen MR) is 97.6 cm³/mol. The third-order valence-corrected chi connectivity index (χ3v) is 3.76. The van der Waals surface area contributed by atoms with Gasteiger partial charge in [-0.1, -0.05) is 6.07 Å². The van der Waals surface area contributed by atoms with E-state index in [1.54, 1.807) is 12.1 Å². The summed E-state index contributed by atoms with van der Waals surface area (Å²) < 4.78 is 13.8. The van der Waals surface area contributed by atoms with Gasteiger partial charge in [0.25, 0.3) is 11.6 Å². The van der Waals surface area contributed by atoms with Crippen LogP contribution in [0.15, 0.2) is 36.4 Å². The normalized spacial score (nSPS) is 10.7. The van der Waals surface area contributed by atoms with Crippen LogP contribution in [0.2, 0.25) is 0 Å². The van der Waals surface area contributed by atoms with Crippen LogP contribution in [0.1, 0.15) is 21.5 Å². The Morgan fingerprint density at radius 1 is 1.23 bits per heavy atom. The van der Waals surface area contributed by atoms with Crippen LogP contribution in [-0.2, 0) is 13.1 Å². The first-order valence-electron chi connectivity index (χ1n) is 7.98. The highest BCUT2D eigenvalue weighted by Gasteiger charge is 2.17. The van der Waals surface area contributed by atoms with Gasteiger partial charge in [0.2, 0.25) is 0 Å². The maximum Gasteiger partial charge on any atom is 0.293 e. The number of amides is 1. The van der Waals surface area contributed by atoms with E-state index in [2.05, 4.69) is 10.6 Å². The quantitative estimate of drug-likeness (QED) is 0.586. The van der Waals surface area contributed by atoms with Gasteiger partial charge in [0, 0.05) is 37.3 Å². The molecule has 8 heteroatoms. The Labute approximate surface area is 151 Å². The first kappa shape index (κ1) is 19.3. The van der Waals surface area contributed by atoms with Crippen LogP contribution >= 0.6 is 0 Å². The van der Waals surface area contributed by atoms with E-state index < -0.39 is 10.8 Å². The predicted octanol–water partition coefficient (Wildman–Crippen LogP) is 2.77. The second kappa shape index (κ2) is 8.39. The van der Waals surface area contributed by atoms with Crippen LogP contribution in [0.5, 0.6) is 0 Å². The number of anilines is 1. The van der Waals surface area contributed by atoms with Crippen molar-refractivity contribution in [2.75, 3.05) is 26.5 Å². The summed E-state index contributed by atoms with van der Waals surface area (Å²) in [6, 6.07) is 8.98. The lowest BCUT2D eigenvalue weighted by Gasteiger charge is -2.13. The number of hydrogen-bond donors (Lipinski definition) is 2. The SMILES string of the molecule is CNC(=O)c1ccc(NCc2ccc(F)c(CN(C)C)c2)c([N+](=O)[O-])c1. The van der Waals surface area contributed by atoms with Crippen molar-refractivity contribution in [2.45, 2.75) is 13.1 Å². The number of carbonyl (C=O) groups is 1. The molecule has 0 aliphatic rings. The van der Waals surface area contributed by atoms with Crippen LogP contribution in [0.4, 0.5) is 15.8 Å². The minimum Gasteiger partial charge on any atom is -0.375 e. The number of carbonyl (C=O) groups excluding carboxylic acids is 1. The molecule has 2 rings (SSSR count). The number of benzene rings is 2. The number of hydrogen-bond acceptors (Lipinski definition) is 5. The number of halogens is 1. The first-order chi connectivity index (χ1) is 12.3. The van der Waals surface area contributed by atoms with Crippen molar-refractivity contribution in [2.24, 2.45) is 0 Å². The van der Waals surface area contributed by atoms with Crippen molar-refractivity contribution in [1.29, 1.82) is 0 Å². The molecule has 0 unspecified atom stereocenters. The summed E-state index contributed by atoms with van der Waals surface area (Å²) in [6.45, 7) is 0.752. The summed E-state index contributed by atoms with van der Waals surface area (Å²) >= 11 is 0. The summed E-state index contributed by atoms with van der Waals surface area (Å²) in [5, 5.41) is 16.7. The van der Waals surface area contributed by atoms with Crippen molar-refractivity contribution in [1.82, 2.24) is 10.2 Å². The van der Waals surface area contributed by atoms with E-state index in [1.807, 2.05) is 19.0 Å². The zero-order valence-corrected chi connectivity index (χ0v) is 14.9. The number of nitrogens with one attached hydrogen (secondary N) is 2. The Balaban J connectivity index is 2.21. The molecule has 0 bridgehead atoms. The van der Waals surface area contributed by atoms with E-state index in [0.29, 0.717) is 24.3 Å². The van der Waals surface area contributed by atoms with Crippen LogP contribution in [0.25, 0.3) is 0 Å². The molecule has 2 N–H and O–H groups in total. The van der Waals surface area contributed by atoms with Gasteiger partial charge < -0.3 is 15.5 Å². The summed E-state index contributed by atoms with van der Waals surface area (Å²) in [5.74, 6) is -0.685. The average molecular weight is 360 g/mol. The molecule has 0 saturated carbocycles. The molecule has 26 heavy (non-hydrogen) atoms. The molecule has 2 aromatic rings. The molecule has 0 heterocycles. The number of rotatable bonds is 7. The molecule has 138 valence electrons. The van der Waals surface area contributed by atoms with E-state index in [9.17, 15) is 19.3 Å². The fourth-order valence-electron chi connectivity index (χ4n) is 2.51. The second-order valence-electron chi connectivity index (χ2n) is 6.09. The Morgan fingerprint density at radius 2 is 1.96 bits per heavy atom. The Bertz CT molecular complexity index is 824. The first-order valence-corrected chi connectivity index (χ1v) is 7.98. The zero-order valence-electron chi connectivity index (χ0n) is 14.9. The van der Waals surface area contributed by atoms with Gasteiger partial charge in [-0.15, -0.1) is 0 Å². The van der Waals surface area contributed by atoms with Crippen molar-refractivity contribution in [3.63, 3.8) is 0 Å². The van der Waals surface area contributed by atoms with Crippen molar-refractivity contribution in [3.8, 4) is 0 Å². The Morgan fingerprint density at radius 3 is 2.58 bits per heavy atom. The number of nitro benzene ring substituents is 1. The Kier molecular flexibility index (Phi) is 6.24. The molecule has 0 radical (unpaired) electrons. The molecular weight excluding hydrogens is 339 g/mol. The van der Waals surface area contributed by atoms with Crippen LogP contribution in [0.3, 0.4) is 0 Å². The number of nitro groups is 1. The van der Waals surface area contributed by atoms with Crippen LogP contribution in [0, 0.1) is 15.9 Å². The van der Waals surface area contributed by atoms with E-state index in [1.165, 1.54) is 31.3 Å². The molecule has 0 aliphatic heterocycles. The van der Waals surface area contributed by atoms with Gasteiger partial charge in [0.15, 0.2) is 0 Å². The molecule has 0 saturated heterocycles. The third kappa shape index (κ3) is 4.76. The van der Waals surface area contributed by atoms with E-state index >= 15 is 0 Å². The zero-order chi connectivity index (χ0) is 19.3. The number of nitrogens with zero attached hydrogens (tertiary/aromatic N) is 2. The molecule has 0 atom stereocenters. The second-order valence-corrected chi connectivity index (χ2v) is 6.09. The van der Waals surface area contributed by atoms with Gasteiger partial charge in [-0.25, -0.2) is 4.39 Å². The van der Waals surface area contributed by atoms with Gasteiger partial charge >= 0.3 is 0 Å². The van der Waals surface area contributed by atoms with Crippen molar-refractivity contribution < 1.29 is 14.1 Å². The Hall–Kier alpha value is -3.00. The highest BCUT2D eigenvalue weighted by Crippen LogP contribution is 2.26. The van der Waals surface area contributed by atoms with E-state index in [0.717, 1.165) is 5.56 Å². The topological polar surface area (TPSA) is 87.5 Å². The largest absolute Gasteiger partial charge is 0.375 e. The summed E-state index contributed by atoms with van der Waals surface area (Å²) in [5.41, 5.74) is 1.66. The fraction of sp³-hybridized carbons (Fsp3) is 0.278. The average Bonchev–Trinajstić information content (AvgIpc) is 2.61. The molecule has 0 aromatic heterocycles. The highest BCUT2D eigenvalue weighted by molar-refractivity contribution is 5.95. The lowest BCUT2D eigenvalue weighted by atomic mass is 10.1. The smallest absolute Gasteiger partial charge is 0.293 e. The van der Waals surface area contributed by atoms with E-state index in [-0.39, 0.29) is 17.1 Å². The van der Waals surface area contributed by atoms with Gasteiger partial charge in [0.1, 0.15) is 11.5 Å². The maximum absolute atomic E-state index is 13.8. The summed E-state index contributed by atoms with van der Waals surface area (Å²) in [7, 11) is 5.16. The molecule has 1 amide bonds. The molecule has 7 nitrogen and oxygen atoms in total.